The molecule has 1 aliphatic heterocycles. The van der Waals surface area contributed by atoms with Crippen LogP contribution in [0.1, 0.15) is 55.2 Å². The number of phenols is 1. The minimum atomic E-state index is -0.615. The smallest absolute Gasteiger partial charge is 0.336 e. The number of aliphatic imine (C=N–C) groups is 1. The van der Waals surface area contributed by atoms with E-state index in [0.717, 1.165) is 16.8 Å². The van der Waals surface area contributed by atoms with Crippen molar-refractivity contribution in [3.63, 3.8) is 0 Å². The predicted octanol–water partition coefficient (Wildman–Crippen LogP) is 6.76. The van der Waals surface area contributed by atoms with Crippen molar-refractivity contribution in [1.82, 2.24) is 0 Å². The molecule has 0 aromatic heterocycles. The van der Waals surface area contributed by atoms with Crippen molar-refractivity contribution < 1.29 is 24.2 Å². The normalized spacial score (nSPS) is 20.7. The summed E-state index contributed by atoms with van der Waals surface area (Å²) in [7, 11) is 0. The molecule has 39 heavy (non-hydrogen) atoms. The summed E-state index contributed by atoms with van der Waals surface area (Å²) in [5, 5.41) is 11.0. The number of allylic oxidation sites excluding steroid dienone is 1. The Balaban J connectivity index is 1.54. The van der Waals surface area contributed by atoms with Gasteiger partial charge in [0.15, 0.2) is 11.5 Å². The van der Waals surface area contributed by atoms with Crippen LogP contribution >= 0.6 is 11.6 Å². The molecule has 1 aliphatic carbocycles. The molecule has 3 atom stereocenters. The predicted molar refractivity (Wildman–Crippen MR) is 150 cm³/mol. The maximum atomic E-state index is 13.8. The molecule has 1 fully saturated rings. The average Bonchev–Trinajstić information content (AvgIpc) is 2.93. The van der Waals surface area contributed by atoms with Gasteiger partial charge in [0.25, 0.3) is 0 Å². The fourth-order valence-electron chi connectivity index (χ4n) is 5.57. The fourth-order valence-corrected chi connectivity index (χ4v) is 5.69. The molecule has 1 saturated carbocycles. The summed E-state index contributed by atoms with van der Waals surface area (Å²) in [5.41, 5.74) is 4.22. The molecule has 7 heteroatoms. The van der Waals surface area contributed by atoms with E-state index in [2.05, 4.69) is 0 Å². The van der Waals surface area contributed by atoms with Gasteiger partial charge in [0, 0.05) is 28.8 Å². The Morgan fingerprint density at radius 3 is 2.44 bits per heavy atom. The van der Waals surface area contributed by atoms with Crippen molar-refractivity contribution in [2.45, 2.75) is 45.1 Å². The van der Waals surface area contributed by atoms with Gasteiger partial charge < -0.3 is 14.6 Å². The number of benzene rings is 3. The Morgan fingerprint density at radius 1 is 1.00 bits per heavy atom. The van der Waals surface area contributed by atoms with E-state index in [0.29, 0.717) is 47.1 Å². The van der Waals surface area contributed by atoms with E-state index in [1.807, 2.05) is 61.5 Å². The highest BCUT2D eigenvalue weighted by Gasteiger charge is 2.46. The van der Waals surface area contributed by atoms with Crippen molar-refractivity contribution in [2.75, 3.05) is 6.61 Å². The van der Waals surface area contributed by atoms with E-state index in [9.17, 15) is 14.7 Å². The van der Waals surface area contributed by atoms with Crippen LogP contribution in [0.2, 0.25) is 5.02 Å². The van der Waals surface area contributed by atoms with Gasteiger partial charge in [-0.2, -0.15) is 0 Å². The number of halogens is 1. The zero-order valence-corrected chi connectivity index (χ0v) is 22.6. The number of ketones is 1. The Hall–Kier alpha value is -3.90. The molecule has 200 valence electrons. The van der Waals surface area contributed by atoms with E-state index >= 15 is 0 Å². The number of carbonyl (C=O) groups excluding carboxylic acids is 2. The Morgan fingerprint density at radius 2 is 1.72 bits per heavy atom. The standard InChI is InChI=1S/C32H30ClNO5/c1-3-38-28-17-22(11-14-26(28)35)30-29(32(37)39-18-20-7-5-4-6-8-20)19(2)34-25-15-23(16-27(36)31(25)30)21-9-12-24(33)13-10-21/h4-14,17,23,30-31,35H,3,15-16,18H2,1-2H3/t23-,30+,31?/m0/s1. The average molecular weight is 544 g/mol. The molecule has 0 amide bonds. The second kappa shape index (κ2) is 11.5. The van der Waals surface area contributed by atoms with Gasteiger partial charge >= 0.3 is 5.97 Å². The summed E-state index contributed by atoms with van der Waals surface area (Å²) in [6.07, 6.45) is 0.915. The second-order valence-corrected chi connectivity index (χ2v) is 10.3. The van der Waals surface area contributed by atoms with Gasteiger partial charge in [-0.3, -0.25) is 9.79 Å². The molecule has 2 aliphatic rings. The molecule has 0 bridgehead atoms. The first-order chi connectivity index (χ1) is 18.9. The number of esters is 1. The molecule has 3 aromatic carbocycles. The van der Waals surface area contributed by atoms with Crippen LogP contribution in [-0.2, 0) is 20.9 Å². The number of ether oxygens (including phenoxy) is 2. The number of Topliss-reactive ketones (excluding diaryl/α,β-unsaturated/α-hetero) is 1. The summed E-state index contributed by atoms with van der Waals surface area (Å²) in [4.78, 5) is 32.2. The highest BCUT2D eigenvalue weighted by Crippen LogP contribution is 2.47. The number of rotatable bonds is 7. The Labute approximate surface area is 232 Å². The molecule has 5 rings (SSSR count). The fraction of sp³-hybridized carbons (Fsp3) is 0.281. The number of fused-ring (bicyclic) bond motifs is 1. The van der Waals surface area contributed by atoms with Gasteiger partial charge in [0.1, 0.15) is 12.4 Å². The third kappa shape index (κ3) is 5.62. The van der Waals surface area contributed by atoms with Crippen LogP contribution < -0.4 is 4.74 Å². The number of carbonyl (C=O) groups is 2. The third-order valence-corrected chi connectivity index (χ3v) is 7.62. The lowest BCUT2D eigenvalue weighted by molar-refractivity contribution is -0.140. The van der Waals surface area contributed by atoms with E-state index in [-0.39, 0.29) is 24.1 Å². The van der Waals surface area contributed by atoms with Crippen LogP contribution in [-0.4, -0.2) is 29.2 Å². The molecule has 1 heterocycles. The van der Waals surface area contributed by atoms with Crippen LogP contribution in [0.3, 0.4) is 0 Å². The zero-order valence-electron chi connectivity index (χ0n) is 21.9. The van der Waals surface area contributed by atoms with Crippen LogP contribution in [0.4, 0.5) is 0 Å². The molecule has 0 radical (unpaired) electrons. The summed E-state index contributed by atoms with van der Waals surface area (Å²) in [6, 6.07) is 22.0. The second-order valence-electron chi connectivity index (χ2n) is 9.90. The van der Waals surface area contributed by atoms with Gasteiger partial charge in [-0.05, 0) is 67.1 Å². The molecule has 0 spiro atoms. The summed E-state index contributed by atoms with van der Waals surface area (Å²) >= 11 is 6.08. The zero-order chi connectivity index (χ0) is 27.5. The van der Waals surface area contributed by atoms with Gasteiger partial charge in [0.2, 0.25) is 0 Å². The van der Waals surface area contributed by atoms with Crippen LogP contribution in [0, 0.1) is 5.92 Å². The first-order valence-electron chi connectivity index (χ1n) is 13.1. The lowest BCUT2D eigenvalue weighted by Gasteiger charge is -2.38. The van der Waals surface area contributed by atoms with Crippen molar-refractivity contribution in [3.8, 4) is 11.5 Å². The molecule has 1 N–H and O–H groups in total. The third-order valence-electron chi connectivity index (χ3n) is 7.37. The van der Waals surface area contributed by atoms with Gasteiger partial charge in [-0.1, -0.05) is 60.1 Å². The SMILES string of the molecule is CCOc1cc([C@@H]2C(C(=O)OCc3ccccc3)=C(C)N=C3C[C@H](c4ccc(Cl)cc4)CC(=O)C32)ccc1O. The van der Waals surface area contributed by atoms with E-state index in [1.165, 1.54) is 6.07 Å². The molecule has 1 unspecified atom stereocenters. The monoisotopic (exact) mass is 543 g/mol. The lowest BCUT2D eigenvalue weighted by atomic mass is 9.66. The first kappa shape index (κ1) is 26.7. The maximum absolute atomic E-state index is 13.8. The lowest BCUT2D eigenvalue weighted by Crippen LogP contribution is -2.41. The molecular formula is C32H30ClNO5. The van der Waals surface area contributed by atoms with Crippen LogP contribution in [0.15, 0.2) is 89.1 Å². The highest BCUT2D eigenvalue weighted by atomic mass is 35.5. The number of nitrogens with zero attached hydrogens (tertiary/aromatic N) is 1. The minimum absolute atomic E-state index is 0.00280. The van der Waals surface area contributed by atoms with E-state index in [4.69, 9.17) is 26.1 Å². The molecule has 0 saturated heterocycles. The number of aromatic hydroxyl groups is 1. The number of hydrogen-bond acceptors (Lipinski definition) is 6. The van der Waals surface area contributed by atoms with Crippen molar-refractivity contribution in [2.24, 2.45) is 10.9 Å². The van der Waals surface area contributed by atoms with Crippen LogP contribution in [0.25, 0.3) is 0 Å². The van der Waals surface area contributed by atoms with Crippen molar-refractivity contribution in [1.29, 1.82) is 0 Å². The van der Waals surface area contributed by atoms with Gasteiger partial charge in [-0.15, -0.1) is 0 Å². The van der Waals surface area contributed by atoms with Gasteiger partial charge in [0.05, 0.1) is 18.1 Å². The highest BCUT2D eigenvalue weighted by molar-refractivity contribution is 6.30. The summed E-state index contributed by atoms with van der Waals surface area (Å²) in [6.45, 7) is 4.09. The van der Waals surface area contributed by atoms with Crippen molar-refractivity contribution >= 4 is 29.1 Å². The Bertz CT molecular complexity index is 1450. The van der Waals surface area contributed by atoms with E-state index in [1.54, 1.807) is 19.1 Å². The first-order valence-corrected chi connectivity index (χ1v) is 13.5. The topological polar surface area (TPSA) is 85.2 Å². The number of hydrogen-bond donors (Lipinski definition) is 1. The summed E-state index contributed by atoms with van der Waals surface area (Å²) in [5.74, 6) is -1.45. The quantitative estimate of drug-likeness (QED) is 0.333. The summed E-state index contributed by atoms with van der Waals surface area (Å²) < 4.78 is 11.4. The molecule has 3 aromatic rings. The van der Waals surface area contributed by atoms with Crippen molar-refractivity contribution in [3.05, 3.63) is 106 Å². The molecule has 6 nitrogen and oxygen atoms in total. The largest absolute Gasteiger partial charge is 0.504 e. The molecular weight excluding hydrogens is 514 g/mol. The Kier molecular flexibility index (Phi) is 7.84. The van der Waals surface area contributed by atoms with E-state index < -0.39 is 17.8 Å². The minimum Gasteiger partial charge on any atom is -0.504 e. The van der Waals surface area contributed by atoms with Gasteiger partial charge in [-0.25, -0.2) is 4.79 Å². The number of phenolic OH excluding ortho intramolecular Hbond substituents is 1. The van der Waals surface area contributed by atoms with Crippen LogP contribution in [0.5, 0.6) is 11.5 Å². The maximum Gasteiger partial charge on any atom is 0.336 e.